The van der Waals surface area contributed by atoms with Crippen molar-refractivity contribution in [2.24, 2.45) is 0 Å². The number of hydrogen-bond acceptors (Lipinski definition) is 3. The van der Waals surface area contributed by atoms with Gasteiger partial charge in [-0.15, -0.1) is 10.0 Å². The molecule has 1 aliphatic heterocycles. The largest absolute Gasteiger partial charge is 0.368 e. The summed E-state index contributed by atoms with van der Waals surface area (Å²) in [6, 6.07) is 0. The Morgan fingerprint density at radius 3 is 3.21 bits per heavy atom. The Morgan fingerprint density at radius 1 is 1.71 bits per heavy atom. The molecule has 0 saturated heterocycles. The first-order valence-corrected chi connectivity index (χ1v) is 4.96. The first-order valence-electron chi connectivity index (χ1n) is 4.18. The average Bonchev–Trinajstić information content (AvgIpc) is 2.47. The van der Waals surface area contributed by atoms with Crippen molar-refractivity contribution in [2.75, 3.05) is 11.9 Å². The summed E-state index contributed by atoms with van der Waals surface area (Å²) in [7, 11) is 0. The molecular formula is C8H9F2N3S. The molecule has 0 saturated carbocycles. The summed E-state index contributed by atoms with van der Waals surface area (Å²) in [6.07, 6.45) is 1.84. The van der Waals surface area contributed by atoms with E-state index >= 15 is 0 Å². The molecule has 76 valence electrons. The van der Waals surface area contributed by atoms with Crippen LogP contribution in [-0.4, -0.2) is 21.8 Å². The second-order valence-corrected chi connectivity index (χ2v) is 3.85. The van der Waals surface area contributed by atoms with Gasteiger partial charge in [-0.25, -0.2) is 0 Å². The van der Waals surface area contributed by atoms with Crippen LogP contribution in [0.1, 0.15) is 12.0 Å². The maximum atomic E-state index is 12.8. The van der Waals surface area contributed by atoms with Gasteiger partial charge in [-0.05, 0) is 12.0 Å². The first-order chi connectivity index (χ1) is 6.72. The summed E-state index contributed by atoms with van der Waals surface area (Å²) in [6.45, 7) is 4.33. The number of aromatic nitrogens is 2. The molecule has 2 heterocycles. The van der Waals surface area contributed by atoms with Gasteiger partial charge in [-0.2, -0.15) is 3.89 Å². The van der Waals surface area contributed by atoms with Crippen molar-refractivity contribution in [3.63, 3.8) is 0 Å². The van der Waals surface area contributed by atoms with E-state index in [2.05, 4.69) is 17.0 Å². The van der Waals surface area contributed by atoms with Crippen LogP contribution in [0.3, 0.4) is 0 Å². The minimum absolute atomic E-state index is 0.216. The zero-order chi connectivity index (χ0) is 10.1. The average molecular weight is 217 g/mol. The monoisotopic (exact) mass is 217 g/mol. The number of fused-ring (bicyclic) bond motifs is 1. The molecule has 0 radical (unpaired) electrons. The van der Waals surface area contributed by atoms with Crippen molar-refractivity contribution >= 4 is 23.5 Å². The van der Waals surface area contributed by atoms with E-state index < -0.39 is 0 Å². The Morgan fingerprint density at radius 2 is 2.50 bits per heavy atom. The third-order valence-electron chi connectivity index (χ3n) is 2.23. The highest BCUT2D eigenvalue weighted by Crippen LogP contribution is 2.35. The van der Waals surface area contributed by atoms with Gasteiger partial charge in [-0.1, -0.05) is 11.1 Å². The van der Waals surface area contributed by atoms with Crippen LogP contribution >= 0.6 is 12.1 Å². The van der Waals surface area contributed by atoms with E-state index in [9.17, 15) is 8.37 Å². The van der Waals surface area contributed by atoms with Crippen LogP contribution in [0.15, 0.2) is 12.8 Å². The molecule has 0 aromatic carbocycles. The summed E-state index contributed by atoms with van der Waals surface area (Å²) in [5.74, 6) is 0.439. The lowest BCUT2D eigenvalue weighted by Gasteiger charge is -2.09. The maximum Gasteiger partial charge on any atom is 0.158 e. The summed E-state index contributed by atoms with van der Waals surface area (Å²) in [4.78, 5) is 0.216. The van der Waals surface area contributed by atoms with E-state index in [1.165, 1.54) is 6.20 Å². The summed E-state index contributed by atoms with van der Waals surface area (Å²) < 4.78 is 25.3. The number of rotatable bonds is 1. The highest BCUT2D eigenvalue weighted by atomic mass is 32.2. The lowest BCUT2D eigenvalue weighted by atomic mass is 10.1. The molecule has 2 rings (SSSR count). The van der Waals surface area contributed by atoms with Gasteiger partial charge in [0.2, 0.25) is 0 Å². The molecule has 0 fully saturated rings. The molecule has 3 nitrogen and oxygen atoms in total. The highest BCUT2D eigenvalue weighted by molar-refractivity contribution is 7.95. The fraction of sp³-hybridized carbons (Fsp3) is 0.375. The van der Waals surface area contributed by atoms with Gasteiger partial charge >= 0.3 is 0 Å². The Bertz CT molecular complexity index is 363. The van der Waals surface area contributed by atoms with Crippen LogP contribution in [-0.2, 0) is 0 Å². The smallest absolute Gasteiger partial charge is 0.158 e. The minimum atomic E-state index is -0.312. The molecule has 0 amide bonds. The van der Waals surface area contributed by atoms with E-state index in [1.54, 1.807) is 0 Å². The highest BCUT2D eigenvalue weighted by Gasteiger charge is 2.23. The molecule has 0 spiro atoms. The summed E-state index contributed by atoms with van der Waals surface area (Å²) in [5.41, 5.74) is 1.14. The Kier molecular flexibility index (Phi) is 2.45. The number of nitrogens with zero attached hydrogens (tertiary/aromatic N) is 2. The molecular weight excluding hydrogens is 208 g/mol. The maximum absolute atomic E-state index is 12.8. The van der Waals surface area contributed by atoms with Gasteiger partial charge in [0.25, 0.3) is 0 Å². The Hall–Kier alpha value is -1.04. The number of halogens is 2. The van der Waals surface area contributed by atoms with Crippen LogP contribution in [0.2, 0.25) is 0 Å². The van der Waals surface area contributed by atoms with Gasteiger partial charge in [0, 0.05) is 12.1 Å². The van der Waals surface area contributed by atoms with E-state index in [-0.39, 0.29) is 22.3 Å². The topological polar surface area (TPSA) is 29.9 Å². The van der Waals surface area contributed by atoms with E-state index in [0.717, 1.165) is 0 Å². The summed E-state index contributed by atoms with van der Waals surface area (Å²) >= 11 is 0.241. The van der Waals surface area contributed by atoms with Crippen molar-refractivity contribution in [3.8, 4) is 0 Å². The lowest BCUT2D eigenvalue weighted by Crippen LogP contribution is -2.06. The van der Waals surface area contributed by atoms with Gasteiger partial charge in [0.05, 0.1) is 23.6 Å². The lowest BCUT2D eigenvalue weighted by molar-refractivity contribution is 0.317. The predicted octanol–water partition coefficient (Wildman–Crippen LogP) is 2.43. The van der Waals surface area contributed by atoms with Crippen LogP contribution in [0, 0.1) is 0 Å². The van der Waals surface area contributed by atoms with Crippen LogP contribution in [0.5, 0.6) is 0 Å². The Balaban J connectivity index is 2.38. The van der Waals surface area contributed by atoms with Crippen LogP contribution < -0.4 is 5.32 Å². The van der Waals surface area contributed by atoms with Gasteiger partial charge < -0.3 is 5.32 Å². The molecule has 0 aliphatic carbocycles. The van der Waals surface area contributed by atoms with E-state index in [4.69, 9.17) is 0 Å². The van der Waals surface area contributed by atoms with Crippen molar-refractivity contribution < 1.29 is 8.37 Å². The van der Waals surface area contributed by atoms with Crippen molar-refractivity contribution in [1.29, 1.82) is 0 Å². The normalized spacial score (nSPS) is 21.3. The zero-order valence-corrected chi connectivity index (χ0v) is 8.15. The second kappa shape index (κ2) is 3.61. The fourth-order valence-corrected chi connectivity index (χ4v) is 1.92. The SMILES string of the molecule is C=C1c2cn(F)nc2NCCC1SF. The molecule has 1 aromatic rings. The molecule has 14 heavy (non-hydrogen) atoms. The molecule has 1 atom stereocenters. The number of nitrogens with one attached hydrogen (secondary N) is 1. The van der Waals surface area contributed by atoms with Crippen LogP contribution in [0.4, 0.5) is 14.2 Å². The quantitative estimate of drug-likeness (QED) is 0.783. The number of anilines is 1. The third-order valence-corrected chi connectivity index (χ3v) is 2.96. The fourth-order valence-electron chi connectivity index (χ4n) is 1.48. The van der Waals surface area contributed by atoms with Gasteiger partial charge in [0.1, 0.15) is 0 Å². The van der Waals surface area contributed by atoms with Crippen molar-refractivity contribution in [3.05, 3.63) is 18.3 Å². The molecule has 1 aliphatic rings. The van der Waals surface area contributed by atoms with Crippen molar-refractivity contribution in [1.82, 2.24) is 10.0 Å². The van der Waals surface area contributed by atoms with E-state index in [0.29, 0.717) is 29.9 Å². The molecule has 1 aromatic heterocycles. The molecule has 1 unspecified atom stereocenters. The number of hydrogen-bond donors (Lipinski definition) is 1. The van der Waals surface area contributed by atoms with Gasteiger partial charge in [0.15, 0.2) is 5.82 Å². The van der Waals surface area contributed by atoms with Gasteiger partial charge in [-0.3, -0.25) is 0 Å². The predicted molar refractivity (Wildman–Crippen MR) is 53.4 cm³/mol. The molecule has 0 bridgehead atoms. The first kappa shape index (κ1) is 9.51. The summed E-state index contributed by atoms with van der Waals surface area (Å²) in [5, 5.41) is 6.19. The second-order valence-electron chi connectivity index (χ2n) is 3.10. The molecule has 1 N–H and O–H groups in total. The minimum Gasteiger partial charge on any atom is -0.368 e. The van der Waals surface area contributed by atoms with Crippen molar-refractivity contribution in [2.45, 2.75) is 11.7 Å². The van der Waals surface area contributed by atoms with Crippen LogP contribution in [0.25, 0.3) is 5.57 Å². The Labute approximate surface area is 84.4 Å². The molecule has 6 heteroatoms. The standard InChI is InChI=1S/C8H9F2N3S/c1-5-6-4-13(9)12-8(6)11-3-2-7(5)14-10/h4,7H,1-3H2,(H,11,12). The third kappa shape index (κ3) is 1.50. The van der Waals surface area contributed by atoms with E-state index in [1.807, 2.05) is 0 Å². The zero-order valence-electron chi connectivity index (χ0n) is 7.33.